The van der Waals surface area contributed by atoms with Crippen LogP contribution in [0.5, 0.6) is 0 Å². The molecule has 0 atom stereocenters. The lowest BCUT2D eigenvalue weighted by atomic mass is 10.1. The van der Waals surface area contributed by atoms with Gasteiger partial charge in [-0.2, -0.15) is 0 Å². The second-order valence-corrected chi connectivity index (χ2v) is 1.94. The fourth-order valence-corrected chi connectivity index (χ4v) is 0.778. The van der Waals surface area contributed by atoms with Crippen molar-refractivity contribution in [2.45, 2.75) is 6.67 Å². The third-order valence-electron chi connectivity index (χ3n) is 1.32. The molecular formula is C9H7F. The molecule has 0 unspecified atom stereocenters. The maximum Gasteiger partial charge on any atom is 0.116 e. The van der Waals surface area contributed by atoms with Crippen LogP contribution >= 0.6 is 0 Å². The first kappa shape index (κ1) is 6.82. The topological polar surface area (TPSA) is 0 Å². The third kappa shape index (κ3) is 1.16. The molecule has 0 saturated heterocycles. The van der Waals surface area contributed by atoms with Crippen LogP contribution in [0, 0.1) is 12.3 Å². The van der Waals surface area contributed by atoms with Gasteiger partial charge in [-0.1, -0.05) is 24.1 Å². The van der Waals surface area contributed by atoms with Gasteiger partial charge in [0.1, 0.15) is 6.67 Å². The third-order valence-corrected chi connectivity index (χ3v) is 1.32. The monoisotopic (exact) mass is 134 g/mol. The molecule has 0 amide bonds. The van der Waals surface area contributed by atoms with Gasteiger partial charge in [0.2, 0.25) is 0 Å². The molecule has 0 saturated carbocycles. The van der Waals surface area contributed by atoms with Crippen molar-refractivity contribution >= 4 is 0 Å². The minimum absolute atomic E-state index is 0.486. The Morgan fingerprint density at radius 3 is 2.60 bits per heavy atom. The molecule has 0 N–H and O–H groups in total. The summed E-state index contributed by atoms with van der Waals surface area (Å²) < 4.78 is 12.1. The second kappa shape index (κ2) is 3.03. The number of alkyl halides is 1. The molecule has 0 radical (unpaired) electrons. The van der Waals surface area contributed by atoms with Crippen molar-refractivity contribution in [2.24, 2.45) is 0 Å². The molecule has 1 aromatic rings. The lowest BCUT2D eigenvalue weighted by molar-refractivity contribution is 0.484. The summed E-state index contributed by atoms with van der Waals surface area (Å²) >= 11 is 0. The SMILES string of the molecule is C#Cc1ccccc1CF. The molecular weight excluding hydrogens is 127 g/mol. The molecule has 0 aliphatic carbocycles. The van der Waals surface area contributed by atoms with Crippen LogP contribution in [0.25, 0.3) is 0 Å². The molecule has 0 fully saturated rings. The Balaban J connectivity index is 3.12. The Morgan fingerprint density at radius 2 is 2.10 bits per heavy atom. The lowest BCUT2D eigenvalue weighted by Gasteiger charge is -1.95. The molecule has 0 spiro atoms. The van der Waals surface area contributed by atoms with E-state index in [1.807, 2.05) is 0 Å². The van der Waals surface area contributed by atoms with Gasteiger partial charge in [-0.05, 0) is 11.6 Å². The van der Waals surface area contributed by atoms with Crippen molar-refractivity contribution in [1.29, 1.82) is 0 Å². The van der Waals surface area contributed by atoms with Crippen molar-refractivity contribution < 1.29 is 4.39 Å². The van der Waals surface area contributed by atoms with Crippen molar-refractivity contribution in [3.05, 3.63) is 35.4 Å². The van der Waals surface area contributed by atoms with Crippen LogP contribution in [0.1, 0.15) is 11.1 Å². The molecule has 0 aromatic heterocycles. The van der Waals surface area contributed by atoms with Gasteiger partial charge in [0.05, 0.1) is 0 Å². The molecule has 0 nitrogen and oxygen atoms in total. The van der Waals surface area contributed by atoms with Gasteiger partial charge in [-0.3, -0.25) is 0 Å². The minimum Gasteiger partial charge on any atom is -0.246 e. The molecule has 50 valence electrons. The summed E-state index contributed by atoms with van der Waals surface area (Å²) in [6, 6.07) is 6.99. The van der Waals surface area contributed by atoms with E-state index in [9.17, 15) is 4.39 Å². The summed E-state index contributed by atoms with van der Waals surface area (Å²) in [5, 5.41) is 0. The first-order valence-electron chi connectivity index (χ1n) is 2.99. The molecule has 0 aliphatic heterocycles. The van der Waals surface area contributed by atoms with Crippen LogP contribution < -0.4 is 0 Å². The molecule has 0 heterocycles. The van der Waals surface area contributed by atoms with Crippen LogP contribution in [0.3, 0.4) is 0 Å². The Hall–Kier alpha value is -1.29. The van der Waals surface area contributed by atoms with E-state index >= 15 is 0 Å². The highest BCUT2D eigenvalue weighted by Crippen LogP contribution is 2.07. The van der Waals surface area contributed by atoms with E-state index in [1.54, 1.807) is 24.3 Å². The zero-order valence-electron chi connectivity index (χ0n) is 5.47. The Bertz CT molecular complexity index is 258. The van der Waals surface area contributed by atoms with Gasteiger partial charge in [0.15, 0.2) is 0 Å². The van der Waals surface area contributed by atoms with Crippen molar-refractivity contribution in [3.8, 4) is 12.3 Å². The Morgan fingerprint density at radius 1 is 1.40 bits per heavy atom. The molecule has 1 aromatic carbocycles. The molecule has 10 heavy (non-hydrogen) atoms. The fraction of sp³-hybridized carbons (Fsp3) is 0.111. The Labute approximate surface area is 59.7 Å². The first-order chi connectivity index (χ1) is 4.88. The number of terminal acetylenes is 1. The van der Waals surface area contributed by atoms with E-state index in [1.165, 1.54) is 0 Å². The van der Waals surface area contributed by atoms with Crippen LogP contribution in [0.2, 0.25) is 0 Å². The quantitative estimate of drug-likeness (QED) is 0.516. The van der Waals surface area contributed by atoms with Crippen molar-refractivity contribution in [1.82, 2.24) is 0 Å². The predicted octanol–water partition coefficient (Wildman–Crippen LogP) is 2.14. The average molecular weight is 134 g/mol. The second-order valence-electron chi connectivity index (χ2n) is 1.94. The molecule has 0 aliphatic rings. The largest absolute Gasteiger partial charge is 0.246 e. The summed E-state index contributed by atoms with van der Waals surface area (Å²) in [4.78, 5) is 0. The normalized spacial score (nSPS) is 8.80. The smallest absolute Gasteiger partial charge is 0.116 e. The standard InChI is InChI=1S/C9H7F/c1-2-8-5-3-4-6-9(8)7-10/h1,3-6H,7H2. The van der Waals surface area contributed by atoms with Gasteiger partial charge in [-0.15, -0.1) is 6.42 Å². The number of halogens is 1. The predicted molar refractivity (Wildman–Crippen MR) is 39.2 cm³/mol. The van der Waals surface area contributed by atoms with Gasteiger partial charge in [-0.25, -0.2) is 4.39 Å². The van der Waals surface area contributed by atoms with Gasteiger partial charge in [0, 0.05) is 5.56 Å². The molecule has 1 rings (SSSR count). The van der Waals surface area contributed by atoms with Crippen LogP contribution in [0.15, 0.2) is 24.3 Å². The first-order valence-corrected chi connectivity index (χ1v) is 2.99. The lowest BCUT2D eigenvalue weighted by Crippen LogP contribution is -1.83. The zero-order valence-corrected chi connectivity index (χ0v) is 5.47. The summed E-state index contributed by atoms with van der Waals surface area (Å²) in [5.74, 6) is 2.41. The van der Waals surface area contributed by atoms with E-state index in [0.717, 1.165) is 0 Å². The van der Waals surface area contributed by atoms with Crippen LogP contribution in [-0.2, 0) is 6.67 Å². The fourth-order valence-electron chi connectivity index (χ4n) is 0.778. The highest BCUT2D eigenvalue weighted by atomic mass is 19.1. The highest BCUT2D eigenvalue weighted by Gasteiger charge is 1.94. The number of rotatable bonds is 1. The summed E-state index contributed by atoms with van der Waals surface area (Å²) in [7, 11) is 0. The van der Waals surface area contributed by atoms with Crippen molar-refractivity contribution in [3.63, 3.8) is 0 Å². The number of benzene rings is 1. The summed E-state index contributed by atoms with van der Waals surface area (Å²) in [5.41, 5.74) is 1.23. The van der Waals surface area contributed by atoms with Gasteiger partial charge < -0.3 is 0 Å². The molecule has 1 heteroatoms. The minimum atomic E-state index is -0.486. The number of hydrogen-bond donors (Lipinski definition) is 0. The molecule has 0 bridgehead atoms. The zero-order chi connectivity index (χ0) is 7.40. The van der Waals surface area contributed by atoms with E-state index < -0.39 is 6.67 Å². The van der Waals surface area contributed by atoms with E-state index in [2.05, 4.69) is 5.92 Å². The summed E-state index contributed by atoms with van der Waals surface area (Å²) in [6.45, 7) is -0.486. The Kier molecular flexibility index (Phi) is 2.07. The van der Waals surface area contributed by atoms with E-state index in [-0.39, 0.29) is 0 Å². The maximum atomic E-state index is 12.1. The van der Waals surface area contributed by atoms with Gasteiger partial charge in [0.25, 0.3) is 0 Å². The average Bonchev–Trinajstić information content (AvgIpc) is 2.04. The van der Waals surface area contributed by atoms with Crippen LogP contribution in [-0.4, -0.2) is 0 Å². The highest BCUT2D eigenvalue weighted by molar-refractivity contribution is 5.39. The van der Waals surface area contributed by atoms with Gasteiger partial charge >= 0.3 is 0 Å². The van der Waals surface area contributed by atoms with E-state index in [0.29, 0.717) is 11.1 Å². The van der Waals surface area contributed by atoms with Crippen LogP contribution in [0.4, 0.5) is 4.39 Å². The summed E-state index contributed by atoms with van der Waals surface area (Å²) in [6.07, 6.45) is 5.11. The van der Waals surface area contributed by atoms with E-state index in [4.69, 9.17) is 6.42 Å². The maximum absolute atomic E-state index is 12.1. The number of hydrogen-bond acceptors (Lipinski definition) is 0. The van der Waals surface area contributed by atoms with Crippen molar-refractivity contribution in [2.75, 3.05) is 0 Å².